The molecule has 2 aromatic rings. The van der Waals surface area contributed by atoms with Gasteiger partial charge in [-0.05, 0) is 60.9 Å². The van der Waals surface area contributed by atoms with E-state index in [-0.39, 0.29) is 34.7 Å². The van der Waals surface area contributed by atoms with Crippen LogP contribution in [0.2, 0.25) is 0 Å². The van der Waals surface area contributed by atoms with Gasteiger partial charge in [0.2, 0.25) is 0 Å². The zero-order chi connectivity index (χ0) is 18.0. The molecule has 6 heteroatoms. The minimum Gasteiger partial charge on any atom is -0.396 e. The van der Waals surface area contributed by atoms with Crippen LogP contribution in [0, 0.1) is 23.5 Å². The number of sulfone groups is 1. The number of hydrogen-bond acceptors (Lipinski definition) is 3. The van der Waals surface area contributed by atoms with Gasteiger partial charge in [-0.25, -0.2) is 17.2 Å². The molecule has 0 aliphatic heterocycles. The van der Waals surface area contributed by atoms with Gasteiger partial charge in [0.25, 0.3) is 0 Å². The Morgan fingerprint density at radius 2 is 1.68 bits per heavy atom. The first kappa shape index (κ1) is 18.0. The highest BCUT2D eigenvalue weighted by molar-refractivity contribution is 7.91. The molecule has 3 nitrogen and oxygen atoms in total. The van der Waals surface area contributed by atoms with Gasteiger partial charge in [0, 0.05) is 18.2 Å². The number of aliphatic hydroxyl groups excluding tert-OH is 1. The lowest BCUT2D eigenvalue weighted by Crippen LogP contribution is -2.15. The Hall–Kier alpha value is -1.79. The van der Waals surface area contributed by atoms with E-state index in [4.69, 9.17) is 0 Å². The highest BCUT2D eigenvalue weighted by Gasteiger charge is 2.29. The largest absolute Gasteiger partial charge is 0.396 e. The highest BCUT2D eigenvalue weighted by atomic mass is 32.2. The average molecular weight is 366 g/mol. The van der Waals surface area contributed by atoms with Crippen molar-refractivity contribution < 1.29 is 22.3 Å². The van der Waals surface area contributed by atoms with Crippen molar-refractivity contribution >= 4 is 9.84 Å². The normalized spacial score (nSPS) is 20.8. The molecule has 3 rings (SSSR count). The van der Waals surface area contributed by atoms with Gasteiger partial charge >= 0.3 is 0 Å². The summed E-state index contributed by atoms with van der Waals surface area (Å²) in [5.74, 6) is -1.01. The molecule has 1 aliphatic carbocycles. The van der Waals surface area contributed by atoms with Crippen molar-refractivity contribution in [1.82, 2.24) is 0 Å². The first-order valence-corrected chi connectivity index (χ1v) is 9.93. The van der Waals surface area contributed by atoms with E-state index < -0.39 is 21.5 Å². The van der Waals surface area contributed by atoms with E-state index in [0.29, 0.717) is 5.56 Å². The summed E-state index contributed by atoms with van der Waals surface area (Å²) in [7, 11) is -3.43. The van der Waals surface area contributed by atoms with Gasteiger partial charge in [0.15, 0.2) is 9.84 Å². The minimum absolute atomic E-state index is 0.0633. The number of rotatable bonds is 5. The number of hydrogen-bond donors (Lipinski definition) is 1. The van der Waals surface area contributed by atoms with E-state index in [1.165, 1.54) is 36.4 Å². The summed E-state index contributed by atoms with van der Waals surface area (Å²) in [5, 5.41) is 9.17. The lowest BCUT2D eigenvalue weighted by atomic mass is 10.1. The number of halogens is 2. The minimum atomic E-state index is -3.43. The Morgan fingerprint density at radius 3 is 2.28 bits per heavy atom. The highest BCUT2D eigenvalue weighted by Crippen LogP contribution is 2.33. The Labute approximate surface area is 146 Å². The molecule has 0 aromatic heterocycles. The molecule has 0 radical (unpaired) electrons. The fourth-order valence-electron chi connectivity index (χ4n) is 3.47. The van der Waals surface area contributed by atoms with Crippen molar-refractivity contribution in [3.05, 3.63) is 54.1 Å². The Kier molecular flexibility index (Phi) is 5.20. The zero-order valence-electron chi connectivity index (χ0n) is 13.7. The third-order valence-corrected chi connectivity index (χ3v) is 6.72. The van der Waals surface area contributed by atoms with Crippen molar-refractivity contribution in [1.29, 1.82) is 0 Å². The quantitative estimate of drug-likeness (QED) is 0.875. The van der Waals surface area contributed by atoms with Gasteiger partial charge in [0.1, 0.15) is 11.6 Å². The van der Waals surface area contributed by atoms with E-state index in [9.17, 15) is 22.3 Å². The molecule has 2 atom stereocenters. The smallest absolute Gasteiger partial charge is 0.178 e. The van der Waals surface area contributed by atoms with E-state index in [1.807, 2.05) is 0 Å². The number of aliphatic hydroxyl groups is 1. The second-order valence-corrected chi connectivity index (χ2v) is 8.69. The molecule has 2 aromatic carbocycles. The molecule has 1 saturated carbocycles. The van der Waals surface area contributed by atoms with E-state index in [0.717, 1.165) is 25.3 Å². The molecule has 1 unspecified atom stereocenters. The van der Waals surface area contributed by atoms with Crippen LogP contribution in [0.25, 0.3) is 11.1 Å². The topological polar surface area (TPSA) is 54.4 Å². The predicted octanol–water partition coefficient (Wildman–Crippen LogP) is 3.81. The average Bonchev–Trinajstić information content (AvgIpc) is 3.02. The standard InChI is InChI=1S/C19H20F2O3S/c20-16-5-8-18(19(21)10-16)15-3-6-17(7-4-15)25(23,24)12-14-2-1-13(9-14)11-22/h3-8,10,13-14,22H,1-2,9,11-12H2/t13?,14-/m1/s1. The molecule has 134 valence electrons. The van der Waals surface area contributed by atoms with Gasteiger partial charge in [-0.2, -0.15) is 0 Å². The molecule has 0 heterocycles. The summed E-state index contributed by atoms with van der Waals surface area (Å²) in [5.41, 5.74) is 0.726. The fraction of sp³-hybridized carbons (Fsp3) is 0.368. The van der Waals surface area contributed by atoms with Crippen molar-refractivity contribution in [2.75, 3.05) is 12.4 Å². The number of benzene rings is 2. The molecule has 1 N–H and O–H groups in total. The van der Waals surface area contributed by atoms with Crippen LogP contribution in [-0.4, -0.2) is 25.9 Å². The first-order valence-electron chi connectivity index (χ1n) is 8.28. The summed E-state index contributed by atoms with van der Waals surface area (Å²) in [4.78, 5) is 0.200. The van der Waals surface area contributed by atoms with Crippen LogP contribution < -0.4 is 0 Å². The SMILES string of the molecule is O=S(=O)(C[C@@H]1CCC(CO)C1)c1ccc(-c2ccc(F)cc2F)cc1. The second kappa shape index (κ2) is 7.22. The lowest BCUT2D eigenvalue weighted by Gasteiger charge is -2.12. The molecule has 1 aliphatic rings. The van der Waals surface area contributed by atoms with Crippen molar-refractivity contribution in [3.63, 3.8) is 0 Å². The molecule has 1 fully saturated rings. The molecule has 25 heavy (non-hydrogen) atoms. The van der Waals surface area contributed by atoms with E-state index >= 15 is 0 Å². The lowest BCUT2D eigenvalue weighted by molar-refractivity contribution is 0.227. The zero-order valence-corrected chi connectivity index (χ0v) is 14.5. The summed E-state index contributed by atoms with van der Waals surface area (Å²) < 4.78 is 51.9. The fourth-order valence-corrected chi connectivity index (χ4v) is 5.13. The van der Waals surface area contributed by atoms with Crippen molar-refractivity contribution in [2.24, 2.45) is 11.8 Å². The van der Waals surface area contributed by atoms with Crippen LogP contribution in [0.4, 0.5) is 8.78 Å². The van der Waals surface area contributed by atoms with Crippen LogP contribution in [0.3, 0.4) is 0 Å². The maximum Gasteiger partial charge on any atom is 0.178 e. The van der Waals surface area contributed by atoms with Crippen LogP contribution in [0.15, 0.2) is 47.4 Å². The Balaban J connectivity index is 1.77. The molecule has 0 saturated heterocycles. The van der Waals surface area contributed by atoms with Gasteiger partial charge < -0.3 is 5.11 Å². The van der Waals surface area contributed by atoms with Crippen LogP contribution in [-0.2, 0) is 9.84 Å². The molecule has 0 spiro atoms. The molecule has 0 bridgehead atoms. The van der Waals surface area contributed by atoms with Crippen LogP contribution >= 0.6 is 0 Å². The molecular weight excluding hydrogens is 346 g/mol. The summed E-state index contributed by atoms with van der Waals surface area (Å²) in [6.45, 7) is 0.106. The van der Waals surface area contributed by atoms with Crippen LogP contribution in [0.1, 0.15) is 19.3 Å². The summed E-state index contributed by atoms with van der Waals surface area (Å²) in [6.07, 6.45) is 2.40. The van der Waals surface area contributed by atoms with Crippen molar-refractivity contribution in [3.8, 4) is 11.1 Å². The van der Waals surface area contributed by atoms with Gasteiger partial charge in [-0.3, -0.25) is 0 Å². The molecule has 0 amide bonds. The van der Waals surface area contributed by atoms with E-state index in [2.05, 4.69) is 0 Å². The second-order valence-electron chi connectivity index (χ2n) is 6.66. The summed E-state index contributed by atoms with van der Waals surface area (Å²) in [6, 6.07) is 9.31. The van der Waals surface area contributed by atoms with Crippen LogP contribution in [0.5, 0.6) is 0 Å². The maximum absolute atomic E-state index is 13.8. The maximum atomic E-state index is 13.8. The van der Waals surface area contributed by atoms with Gasteiger partial charge in [0.05, 0.1) is 10.6 Å². The third-order valence-electron chi connectivity index (χ3n) is 4.82. The van der Waals surface area contributed by atoms with Gasteiger partial charge in [-0.15, -0.1) is 0 Å². The first-order chi connectivity index (χ1) is 11.9. The Morgan fingerprint density at radius 1 is 1.00 bits per heavy atom. The van der Waals surface area contributed by atoms with E-state index in [1.54, 1.807) is 0 Å². The van der Waals surface area contributed by atoms with Crippen molar-refractivity contribution in [2.45, 2.75) is 24.2 Å². The third kappa shape index (κ3) is 4.07. The summed E-state index contributed by atoms with van der Waals surface area (Å²) >= 11 is 0. The monoisotopic (exact) mass is 366 g/mol. The predicted molar refractivity (Wildman–Crippen MR) is 91.8 cm³/mol. The van der Waals surface area contributed by atoms with Gasteiger partial charge in [-0.1, -0.05) is 12.1 Å². The molecular formula is C19H20F2O3S. The Bertz CT molecular complexity index is 847.